The SMILES string of the molecule is Cc1cc(N2CCCC2)nc(N2CCN(C(=O)Nc3ccccc3)CC2)n1. The highest BCUT2D eigenvalue weighted by Crippen LogP contribution is 2.22. The van der Waals surface area contributed by atoms with Crippen LogP contribution in [0.3, 0.4) is 0 Å². The molecule has 0 unspecified atom stereocenters. The van der Waals surface area contributed by atoms with Crippen LogP contribution in [0.5, 0.6) is 0 Å². The highest BCUT2D eigenvalue weighted by atomic mass is 16.2. The monoisotopic (exact) mass is 366 g/mol. The first-order chi connectivity index (χ1) is 13.2. The summed E-state index contributed by atoms with van der Waals surface area (Å²) in [7, 11) is 0. The Balaban J connectivity index is 1.38. The Hall–Kier alpha value is -2.83. The zero-order valence-corrected chi connectivity index (χ0v) is 15.8. The summed E-state index contributed by atoms with van der Waals surface area (Å²) in [5, 5.41) is 2.95. The second-order valence-electron chi connectivity index (χ2n) is 7.13. The molecule has 0 aliphatic carbocycles. The Bertz CT molecular complexity index is 782. The largest absolute Gasteiger partial charge is 0.356 e. The van der Waals surface area contributed by atoms with E-state index in [9.17, 15) is 4.79 Å². The molecule has 7 nitrogen and oxygen atoms in total. The number of para-hydroxylation sites is 1. The number of carbonyl (C=O) groups excluding carboxylic acids is 1. The van der Waals surface area contributed by atoms with Gasteiger partial charge in [0.15, 0.2) is 0 Å². The van der Waals surface area contributed by atoms with Crippen LogP contribution in [0, 0.1) is 6.92 Å². The molecule has 0 bridgehead atoms. The van der Waals surface area contributed by atoms with Gasteiger partial charge in [0.2, 0.25) is 5.95 Å². The van der Waals surface area contributed by atoms with E-state index in [-0.39, 0.29) is 6.03 Å². The lowest BCUT2D eigenvalue weighted by molar-refractivity contribution is 0.208. The molecule has 2 saturated heterocycles. The molecule has 2 aromatic rings. The molecule has 4 rings (SSSR count). The third kappa shape index (κ3) is 4.13. The highest BCUT2D eigenvalue weighted by Gasteiger charge is 2.24. The normalized spacial score (nSPS) is 17.3. The quantitative estimate of drug-likeness (QED) is 0.905. The van der Waals surface area contributed by atoms with Crippen molar-refractivity contribution in [1.29, 1.82) is 0 Å². The number of nitrogens with one attached hydrogen (secondary N) is 1. The fourth-order valence-electron chi connectivity index (χ4n) is 3.62. The minimum atomic E-state index is -0.0521. The fraction of sp³-hybridized carbons (Fsp3) is 0.450. The summed E-state index contributed by atoms with van der Waals surface area (Å²) < 4.78 is 0. The van der Waals surface area contributed by atoms with Crippen LogP contribution >= 0.6 is 0 Å². The van der Waals surface area contributed by atoms with Crippen LogP contribution in [0.2, 0.25) is 0 Å². The molecule has 0 spiro atoms. The van der Waals surface area contributed by atoms with Crippen molar-refractivity contribution in [2.45, 2.75) is 19.8 Å². The predicted octanol–water partition coefficient (Wildman–Crippen LogP) is 2.74. The van der Waals surface area contributed by atoms with Crippen LogP contribution < -0.4 is 15.1 Å². The first kappa shape index (κ1) is 17.6. The van der Waals surface area contributed by atoms with E-state index in [2.05, 4.69) is 26.2 Å². The first-order valence-corrected chi connectivity index (χ1v) is 9.65. The minimum Gasteiger partial charge on any atom is -0.356 e. The molecule has 0 radical (unpaired) electrons. The number of hydrogen-bond donors (Lipinski definition) is 1. The van der Waals surface area contributed by atoms with Gasteiger partial charge in [-0.05, 0) is 31.9 Å². The average Bonchev–Trinajstić information content (AvgIpc) is 3.23. The molecule has 0 saturated carbocycles. The van der Waals surface area contributed by atoms with E-state index in [1.54, 1.807) is 0 Å². The molecule has 1 aromatic carbocycles. The Morgan fingerprint density at radius 2 is 1.63 bits per heavy atom. The maximum absolute atomic E-state index is 12.5. The maximum Gasteiger partial charge on any atom is 0.321 e. The van der Waals surface area contributed by atoms with E-state index in [0.29, 0.717) is 13.1 Å². The molecule has 2 aliphatic rings. The van der Waals surface area contributed by atoms with Crippen molar-refractivity contribution in [3.05, 3.63) is 42.1 Å². The molecular weight excluding hydrogens is 340 g/mol. The minimum absolute atomic E-state index is 0.0521. The van der Waals surface area contributed by atoms with Crippen LogP contribution in [0.1, 0.15) is 18.5 Å². The molecule has 1 aromatic heterocycles. The van der Waals surface area contributed by atoms with Crippen molar-refractivity contribution in [3.63, 3.8) is 0 Å². The van der Waals surface area contributed by atoms with Crippen LogP contribution in [0.25, 0.3) is 0 Å². The molecule has 2 fully saturated rings. The van der Waals surface area contributed by atoms with Gasteiger partial charge in [-0.15, -0.1) is 0 Å². The Labute approximate surface area is 160 Å². The number of amides is 2. The van der Waals surface area contributed by atoms with E-state index in [1.807, 2.05) is 42.2 Å². The van der Waals surface area contributed by atoms with Gasteiger partial charge in [-0.2, -0.15) is 4.98 Å². The predicted molar refractivity (Wildman–Crippen MR) is 107 cm³/mol. The van der Waals surface area contributed by atoms with Gasteiger partial charge in [-0.3, -0.25) is 0 Å². The summed E-state index contributed by atoms with van der Waals surface area (Å²) in [5.41, 5.74) is 1.81. The third-order valence-corrected chi connectivity index (χ3v) is 5.13. The summed E-state index contributed by atoms with van der Waals surface area (Å²) >= 11 is 0. The number of anilines is 3. The Morgan fingerprint density at radius 3 is 2.33 bits per heavy atom. The van der Waals surface area contributed by atoms with E-state index in [1.165, 1.54) is 12.8 Å². The summed E-state index contributed by atoms with van der Waals surface area (Å²) in [6, 6.07) is 11.6. The standard InChI is InChI=1S/C20H26N6O/c1-16-15-18(24-9-5-6-10-24)23-19(21-16)25-11-13-26(14-12-25)20(27)22-17-7-3-2-4-8-17/h2-4,7-8,15H,5-6,9-14H2,1H3,(H,22,27). The fourth-order valence-corrected chi connectivity index (χ4v) is 3.62. The topological polar surface area (TPSA) is 64.6 Å². The van der Waals surface area contributed by atoms with Crippen LogP contribution in [0.4, 0.5) is 22.2 Å². The zero-order chi connectivity index (χ0) is 18.6. The van der Waals surface area contributed by atoms with Crippen LogP contribution in [-0.4, -0.2) is 60.2 Å². The smallest absolute Gasteiger partial charge is 0.321 e. The summed E-state index contributed by atoms with van der Waals surface area (Å²) in [4.78, 5) is 28.2. The Morgan fingerprint density at radius 1 is 0.926 bits per heavy atom. The van der Waals surface area contributed by atoms with Crippen LogP contribution in [-0.2, 0) is 0 Å². The van der Waals surface area contributed by atoms with Gasteiger partial charge in [0, 0.05) is 56.7 Å². The van der Waals surface area contributed by atoms with Crippen LogP contribution in [0.15, 0.2) is 36.4 Å². The van der Waals surface area contributed by atoms with Gasteiger partial charge in [0.25, 0.3) is 0 Å². The molecule has 2 aliphatic heterocycles. The number of aryl methyl sites for hydroxylation is 1. The molecule has 0 atom stereocenters. The molecule has 27 heavy (non-hydrogen) atoms. The number of rotatable bonds is 3. The molecule has 2 amide bonds. The highest BCUT2D eigenvalue weighted by molar-refractivity contribution is 5.89. The molecule has 142 valence electrons. The Kier molecular flexibility index (Phi) is 5.09. The average molecular weight is 366 g/mol. The van der Waals surface area contributed by atoms with E-state index in [4.69, 9.17) is 4.98 Å². The van der Waals surface area contributed by atoms with Crippen molar-refractivity contribution in [1.82, 2.24) is 14.9 Å². The van der Waals surface area contributed by atoms with Gasteiger partial charge in [-0.1, -0.05) is 18.2 Å². The van der Waals surface area contributed by atoms with Gasteiger partial charge in [0.1, 0.15) is 5.82 Å². The summed E-state index contributed by atoms with van der Waals surface area (Å²) in [6.07, 6.45) is 2.46. The first-order valence-electron chi connectivity index (χ1n) is 9.65. The number of piperazine rings is 1. The lowest BCUT2D eigenvalue weighted by atomic mass is 10.3. The lowest BCUT2D eigenvalue weighted by Crippen LogP contribution is -2.50. The molecule has 3 heterocycles. The van der Waals surface area contributed by atoms with E-state index >= 15 is 0 Å². The number of urea groups is 1. The van der Waals surface area contributed by atoms with Crippen molar-refractivity contribution < 1.29 is 4.79 Å². The van der Waals surface area contributed by atoms with Crippen molar-refractivity contribution in [2.75, 3.05) is 54.4 Å². The molecular formula is C20H26N6O. The van der Waals surface area contributed by atoms with Gasteiger partial charge < -0.3 is 20.0 Å². The molecule has 1 N–H and O–H groups in total. The molecule has 7 heteroatoms. The van der Waals surface area contributed by atoms with Gasteiger partial charge in [0.05, 0.1) is 0 Å². The second-order valence-corrected chi connectivity index (χ2v) is 7.13. The number of hydrogen-bond acceptors (Lipinski definition) is 5. The van der Waals surface area contributed by atoms with Gasteiger partial charge in [-0.25, -0.2) is 9.78 Å². The summed E-state index contributed by atoms with van der Waals surface area (Å²) in [5.74, 6) is 1.80. The third-order valence-electron chi connectivity index (χ3n) is 5.13. The number of aromatic nitrogens is 2. The zero-order valence-electron chi connectivity index (χ0n) is 15.8. The van der Waals surface area contributed by atoms with Crippen molar-refractivity contribution in [2.24, 2.45) is 0 Å². The number of benzene rings is 1. The van der Waals surface area contributed by atoms with Crippen molar-refractivity contribution >= 4 is 23.5 Å². The maximum atomic E-state index is 12.5. The summed E-state index contributed by atoms with van der Waals surface area (Å²) in [6.45, 7) is 6.97. The van der Waals surface area contributed by atoms with Crippen molar-refractivity contribution in [3.8, 4) is 0 Å². The number of nitrogens with zero attached hydrogens (tertiary/aromatic N) is 5. The number of carbonyl (C=O) groups is 1. The van der Waals surface area contributed by atoms with E-state index < -0.39 is 0 Å². The van der Waals surface area contributed by atoms with E-state index in [0.717, 1.165) is 49.3 Å². The van der Waals surface area contributed by atoms with Gasteiger partial charge >= 0.3 is 6.03 Å². The lowest BCUT2D eigenvalue weighted by Gasteiger charge is -2.35. The second kappa shape index (κ2) is 7.82.